The summed E-state index contributed by atoms with van der Waals surface area (Å²) in [6.45, 7) is 7.48. The lowest BCUT2D eigenvalue weighted by Gasteiger charge is -2.35. The predicted molar refractivity (Wildman–Crippen MR) is 109 cm³/mol. The van der Waals surface area contributed by atoms with E-state index in [2.05, 4.69) is 5.32 Å². The van der Waals surface area contributed by atoms with Gasteiger partial charge in [-0.15, -0.1) is 0 Å². The normalized spacial score (nSPS) is 24.4. The van der Waals surface area contributed by atoms with Gasteiger partial charge in [-0.25, -0.2) is 0 Å². The molecule has 1 amide bonds. The summed E-state index contributed by atoms with van der Waals surface area (Å²) >= 11 is 0. The van der Waals surface area contributed by atoms with Crippen molar-refractivity contribution in [3.05, 3.63) is 64.7 Å². The number of hydrogen-bond acceptors (Lipinski definition) is 4. The molecule has 6 nitrogen and oxygen atoms in total. The highest BCUT2D eigenvalue weighted by Crippen LogP contribution is 2.29. The van der Waals surface area contributed by atoms with Crippen molar-refractivity contribution >= 4 is 23.2 Å². The van der Waals surface area contributed by atoms with E-state index in [-0.39, 0.29) is 35.7 Å². The monoisotopic (exact) mass is 393 g/mol. The zero-order valence-corrected chi connectivity index (χ0v) is 16.8. The first-order chi connectivity index (χ1) is 13.8. The Kier molecular flexibility index (Phi) is 5.06. The van der Waals surface area contributed by atoms with E-state index >= 15 is 0 Å². The Bertz CT molecular complexity index is 990. The first-order valence-electron chi connectivity index (χ1n) is 9.98. The third-order valence-electron chi connectivity index (χ3n) is 5.76. The fraction of sp³-hybridized carbons (Fsp3) is 0.348. The van der Waals surface area contributed by atoms with Gasteiger partial charge >= 0.3 is 0 Å². The van der Waals surface area contributed by atoms with Crippen LogP contribution < -0.4 is 10.2 Å². The van der Waals surface area contributed by atoms with Gasteiger partial charge in [-0.1, -0.05) is 24.3 Å². The van der Waals surface area contributed by atoms with Gasteiger partial charge in [0.05, 0.1) is 0 Å². The van der Waals surface area contributed by atoms with Crippen molar-refractivity contribution in [2.45, 2.75) is 39.0 Å². The number of carbonyl (C=O) groups is 3. The first-order valence-corrected chi connectivity index (χ1v) is 9.98. The molecule has 1 aliphatic heterocycles. The number of nitrogens with one attached hydrogen (secondary N) is 2. The van der Waals surface area contributed by atoms with Gasteiger partial charge in [0.1, 0.15) is 25.3 Å². The molecule has 2 N–H and O–H groups in total. The molecule has 4 atom stereocenters. The van der Waals surface area contributed by atoms with Crippen LogP contribution in [-0.2, 0) is 9.53 Å². The van der Waals surface area contributed by atoms with Crippen molar-refractivity contribution < 1.29 is 24.0 Å². The Labute approximate surface area is 169 Å². The van der Waals surface area contributed by atoms with E-state index in [4.69, 9.17) is 4.74 Å². The van der Waals surface area contributed by atoms with Gasteiger partial charge in [-0.05, 0) is 39.0 Å². The maximum atomic E-state index is 12.9. The van der Waals surface area contributed by atoms with Crippen molar-refractivity contribution in [1.82, 2.24) is 0 Å². The van der Waals surface area contributed by atoms with Crippen LogP contribution in [0.5, 0.6) is 0 Å². The minimum atomic E-state index is -0.252. The molecule has 1 saturated heterocycles. The number of rotatable bonds is 3. The first kappa shape index (κ1) is 19.5. The molecular weight excluding hydrogens is 368 g/mol. The minimum Gasteiger partial charge on any atom is -0.364 e. The van der Waals surface area contributed by atoms with Crippen molar-refractivity contribution in [2.75, 3.05) is 18.4 Å². The van der Waals surface area contributed by atoms with E-state index in [1.807, 2.05) is 20.8 Å². The quantitative estimate of drug-likeness (QED) is 0.707. The van der Waals surface area contributed by atoms with Crippen molar-refractivity contribution in [2.24, 2.45) is 0 Å². The second kappa shape index (κ2) is 7.54. The SMILES string of the molecule is C[C@@H]1C[NH+]([C@@H](C)C(=O)Nc2ccc3c(c2)C(=O)c2ccccc2C3=O)C[C@H](C)O1. The maximum absolute atomic E-state index is 12.9. The molecule has 0 radical (unpaired) electrons. The highest BCUT2D eigenvalue weighted by molar-refractivity contribution is 6.28. The van der Waals surface area contributed by atoms with Crippen LogP contribution in [-0.4, -0.2) is 48.8 Å². The molecule has 150 valence electrons. The Balaban J connectivity index is 1.54. The molecule has 4 rings (SSSR count). The molecule has 2 aliphatic rings. The Morgan fingerprint density at radius 1 is 0.966 bits per heavy atom. The summed E-state index contributed by atoms with van der Waals surface area (Å²) in [5, 5.41) is 2.91. The second-order valence-electron chi connectivity index (χ2n) is 8.00. The van der Waals surface area contributed by atoms with Crippen molar-refractivity contribution in [3.8, 4) is 0 Å². The molecule has 0 spiro atoms. The molecule has 6 heteroatoms. The summed E-state index contributed by atoms with van der Waals surface area (Å²) in [5.74, 6) is -0.473. The lowest BCUT2D eigenvalue weighted by Crippen LogP contribution is -3.19. The zero-order chi connectivity index (χ0) is 20.7. The third-order valence-corrected chi connectivity index (χ3v) is 5.76. The van der Waals surface area contributed by atoms with E-state index in [9.17, 15) is 14.4 Å². The van der Waals surface area contributed by atoms with Crippen LogP contribution in [0.1, 0.15) is 52.6 Å². The molecule has 0 saturated carbocycles. The van der Waals surface area contributed by atoms with Crippen molar-refractivity contribution in [3.63, 3.8) is 0 Å². The van der Waals surface area contributed by atoms with Crippen LogP contribution >= 0.6 is 0 Å². The number of amides is 1. The standard InChI is InChI=1S/C23H24N2O4/c1-13-11-25(12-14(2)29-13)15(3)23(28)24-16-8-9-19-20(10-16)22(27)18-7-5-4-6-17(18)21(19)26/h4-10,13-15H,11-12H2,1-3H3,(H,24,28)/p+1/t13-,14+,15-/m0/s1. The maximum Gasteiger partial charge on any atom is 0.282 e. The molecule has 2 aromatic carbocycles. The topological polar surface area (TPSA) is 76.9 Å². The lowest BCUT2D eigenvalue weighted by molar-refractivity contribution is -0.928. The number of anilines is 1. The number of benzene rings is 2. The number of quaternary nitrogens is 1. The molecule has 29 heavy (non-hydrogen) atoms. The number of morpholine rings is 1. The van der Waals surface area contributed by atoms with Gasteiger partial charge in [0.15, 0.2) is 17.6 Å². The minimum absolute atomic E-state index is 0.108. The van der Waals surface area contributed by atoms with Gasteiger partial charge in [-0.2, -0.15) is 0 Å². The van der Waals surface area contributed by atoms with Crippen LogP contribution in [0.3, 0.4) is 0 Å². The highest BCUT2D eigenvalue weighted by Gasteiger charge is 2.34. The van der Waals surface area contributed by atoms with Crippen LogP contribution in [0.25, 0.3) is 0 Å². The fourth-order valence-corrected chi connectivity index (χ4v) is 4.28. The zero-order valence-electron chi connectivity index (χ0n) is 16.8. The number of hydrogen-bond donors (Lipinski definition) is 2. The van der Waals surface area contributed by atoms with Gasteiger partial charge < -0.3 is 15.0 Å². The number of ketones is 2. The smallest absolute Gasteiger partial charge is 0.282 e. The average Bonchev–Trinajstić information content (AvgIpc) is 2.70. The fourth-order valence-electron chi connectivity index (χ4n) is 4.28. The molecule has 2 aromatic rings. The molecule has 1 unspecified atom stereocenters. The van der Waals surface area contributed by atoms with Crippen molar-refractivity contribution in [1.29, 1.82) is 0 Å². The van der Waals surface area contributed by atoms with Crippen LogP contribution in [0, 0.1) is 0 Å². The molecule has 0 aromatic heterocycles. The molecular formula is C23H25N2O4+. The van der Waals surface area contributed by atoms with Gasteiger partial charge in [0.25, 0.3) is 5.91 Å². The van der Waals surface area contributed by atoms with E-state index in [0.29, 0.717) is 27.9 Å². The Morgan fingerprint density at radius 2 is 1.52 bits per heavy atom. The van der Waals surface area contributed by atoms with E-state index < -0.39 is 0 Å². The third kappa shape index (κ3) is 3.61. The molecule has 1 aliphatic carbocycles. The van der Waals surface area contributed by atoms with E-state index in [1.165, 1.54) is 4.90 Å². The molecule has 0 bridgehead atoms. The predicted octanol–water partition coefficient (Wildman–Crippen LogP) is 1.48. The highest BCUT2D eigenvalue weighted by atomic mass is 16.5. The summed E-state index contributed by atoms with van der Waals surface area (Å²) in [6.07, 6.45) is 0.216. The number of fused-ring (bicyclic) bond motifs is 2. The van der Waals surface area contributed by atoms with E-state index in [1.54, 1.807) is 42.5 Å². The summed E-state index contributed by atoms with van der Waals surface area (Å²) in [5.41, 5.74) is 2.06. The van der Waals surface area contributed by atoms with Crippen LogP contribution in [0.2, 0.25) is 0 Å². The summed E-state index contributed by atoms with van der Waals surface area (Å²) in [7, 11) is 0. The molecule has 1 fully saturated rings. The van der Waals surface area contributed by atoms with Gasteiger partial charge in [-0.3, -0.25) is 14.4 Å². The molecule has 1 heterocycles. The Morgan fingerprint density at radius 3 is 2.14 bits per heavy atom. The number of ether oxygens (including phenoxy) is 1. The summed E-state index contributed by atoms with van der Waals surface area (Å²) in [4.78, 5) is 39.6. The Hall–Kier alpha value is -2.83. The second-order valence-corrected chi connectivity index (χ2v) is 8.00. The number of carbonyl (C=O) groups excluding carboxylic acids is 3. The lowest BCUT2D eigenvalue weighted by atomic mass is 9.84. The summed E-state index contributed by atoms with van der Waals surface area (Å²) < 4.78 is 5.76. The van der Waals surface area contributed by atoms with Gasteiger partial charge in [0.2, 0.25) is 0 Å². The van der Waals surface area contributed by atoms with Crippen LogP contribution in [0.15, 0.2) is 42.5 Å². The van der Waals surface area contributed by atoms with Crippen LogP contribution in [0.4, 0.5) is 5.69 Å². The average molecular weight is 393 g/mol. The summed E-state index contributed by atoms with van der Waals surface area (Å²) in [6, 6.07) is 11.5. The largest absolute Gasteiger partial charge is 0.364 e. The van der Waals surface area contributed by atoms with E-state index in [0.717, 1.165) is 13.1 Å². The van der Waals surface area contributed by atoms with Gasteiger partial charge in [0, 0.05) is 27.9 Å².